The van der Waals surface area contributed by atoms with Gasteiger partial charge in [0.2, 0.25) is 0 Å². The van der Waals surface area contributed by atoms with E-state index in [0.717, 1.165) is 41.3 Å². The van der Waals surface area contributed by atoms with Gasteiger partial charge in [-0.3, -0.25) is 0 Å². The van der Waals surface area contributed by atoms with Gasteiger partial charge in [0.1, 0.15) is 0 Å². The van der Waals surface area contributed by atoms with Crippen molar-refractivity contribution in [1.29, 1.82) is 5.26 Å². The second kappa shape index (κ2) is 6.50. The van der Waals surface area contributed by atoms with Gasteiger partial charge in [-0.05, 0) is 61.6 Å². The van der Waals surface area contributed by atoms with E-state index in [0.29, 0.717) is 11.8 Å². The molecule has 1 aromatic carbocycles. The van der Waals surface area contributed by atoms with Crippen molar-refractivity contribution < 1.29 is 5.11 Å². The van der Waals surface area contributed by atoms with E-state index in [2.05, 4.69) is 35.8 Å². The Morgan fingerprint density at radius 3 is 2.43 bits per heavy atom. The second-order valence-corrected chi connectivity index (χ2v) is 7.63. The molecule has 3 heteroatoms. The largest absolute Gasteiger partial charge is 0.387 e. The summed E-state index contributed by atoms with van der Waals surface area (Å²) >= 11 is 3.53. The molecule has 1 unspecified atom stereocenters. The summed E-state index contributed by atoms with van der Waals surface area (Å²) in [6, 6.07) is 8.39. The van der Waals surface area contributed by atoms with Crippen molar-refractivity contribution in [2.24, 2.45) is 17.3 Å². The maximum Gasteiger partial charge on any atom is 0.0987 e. The summed E-state index contributed by atoms with van der Waals surface area (Å²) in [4.78, 5) is 0. The summed E-state index contributed by atoms with van der Waals surface area (Å²) in [5.74, 6) is 1.34. The summed E-state index contributed by atoms with van der Waals surface area (Å²) in [5, 5.41) is 20.6. The first kappa shape index (κ1) is 16.5. The van der Waals surface area contributed by atoms with Gasteiger partial charge in [-0.25, -0.2) is 0 Å². The van der Waals surface area contributed by atoms with Crippen LogP contribution in [0, 0.1) is 35.5 Å². The predicted molar refractivity (Wildman–Crippen MR) is 88.7 cm³/mol. The summed E-state index contributed by atoms with van der Waals surface area (Å²) < 4.78 is 0.899. The number of nitriles is 1. The highest BCUT2D eigenvalue weighted by molar-refractivity contribution is 9.10. The fraction of sp³-hybridized carbons (Fsp3) is 0.611. The van der Waals surface area contributed by atoms with Crippen LogP contribution in [0.3, 0.4) is 0 Å². The van der Waals surface area contributed by atoms with Crippen LogP contribution in [0.25, 0.3) is 0 Å². The highest BCUT2D eigenvalue weighted by Crippen LogP contribution is 2.49. The van der Waals surface area contributed by atoms with Gasteiger partial charge >= 0.3 is 0 Å². The van der Waals surface area contributed by atoms with Gasteiger partial charge in [0.05, 0.1) is 17.6 Å². The van der Waals surface area contributed by atoms with Gasteiger partial charge in [-0.1, -0.05) is 41.9 Å². The molecule has 0 heterocycles. The van der Waals surface area contributed by atoms with Gasteiger partial charge in [0.15, 0.2) is 0 Å². The monoisotopic (exact) mass is 349 g/mol. The van der Waals surface area contributed by atoms with Crippen LogP contribution in [0.4, 0.5) is 0 Å². The van der Waals surface area contributed by atoms with Crippen molar-refractivity contribution in [3.8, 4) is 6.07 Å². The lowest BCUT2D eigenvalue weighted by Crippen LogP contribution is -2.33. The quantitative estimate of drug-likeness (QED) is 0.820. The van der Waals surface area contributed by atoms with E-state index in [9.17, 15) is 10.4 Å². The minimum Gasteiger partial charge on any atom is -0.387 e. The number of hydrogen-bond acceptors (Lipinski definition) is 2. The number of hydrogen-bond donors (Lipinski definition) is 1. The Hall–Kier alpha value is -0.850. The van der Waals surface area contributed by atoms with Crippen LogP contribution in [-0.4, -0.2) is 5.11 Å². The number of aliphatic hydroxyl groups excluding tert-OH is 1. The normalized spacial score (nSPS) is 27.4. The topological polar surface area (TPSA) is 44.0 Å². The SMILES string of the molecule is Cc1ccc(C(O)C2(C#N)CCC(C(C)C)CC2)c(Br)c1. The Morgan fingerprint density at radius 1 is 1.33 bits per heavy atom. The lowest BCUT2D eigenvalue weighted by atomic mass is 9.65. The molecule has 1 aliphatic carbocycles. The van der Waals surface area contributed by atoms with Crippen LogP contribution in [0.2, 0.25) is 0 Å². The van der Waals surface area contributed by atoms with Crippen molar-refractivity contribution >= 4 is 15.9 Å². The van der Waals surface area contributed by atoms with Gasteiger partial charge in [0, 0.05) is 4.47 Å². The average molecular weight is 350 g/mol. The molecule has 1 aromatic rings. The Balaban J connectivity index is 2.24. The summed E-state index contributed by atoms with van der Waals surface area (Å²) in [5.41, 5.74) is 1.35. The molecule has 114 valence electrons. The molecule has 1 fully saturated rings. The van der Waals surface area contributed by atoms with E-state index in [-0.39, 0.29) is 0 Å². The molecule has 0 aliphatic heterocycles. The first-order valence-electron chi connectivity index (χ1n) is 7.75. The zero-order valence-corrected chi connectivity index (χ0v) is 14.7. The first-order chi connectivity index (χ1) is 9.89. The molecule has 2 rings (SSSR count). The second-order valence-electron chi connectivity index (χ2n) is 6.78. The van der Waals surface area contributed by atoms with Crippen LogP contribution in [0.15, 0.2) is 22.7 Å². The molecule has 0 aromatic heterocycles. The molecule has 0 amide bonds. The first-order valence-corrected chi connectivity index (χ1v) is 8.54. The van der Waals surface area contributed by atoms with Crippen molar-refractivity contribution in [2.75, 3.05) is 0 Å². The van der Waals surface area contributed by atoms with Gasteiger partial charge in [0.25, 0.3) is 0 Å². The predicted octanol–water partition coefficient (Wildman–Crippen LogP) is 5.15. The molecular weight excluding hydrogens is 326 g/mol. The van der Waals surface area contributed by atoms with Crippen LogP contribution < -0.4 is 0 Å². The number of halogens is 1. The van der Waals surface area contributed by atoms with Crippen LogP contribution >= 0.6 is 15.9 Å². The van der Waals surface area contributed by atoms with Crippen molar-refractivity contribution in [3.05, 3.63) is 33.8 Å². The third-order valence-corrected chi connectivity index (χ3v) is 5.75. The molecule has 0 radical (unpaired) electrons. The van der Waals surface area contributed by atoms with Gasteiger partial charge in [-0.2, -0.15) is 5.26 Å². The molecule has 0 saturated heterocycles. The van der Waals surface area contributed by atoms with Crippen molar-refractivity contribution in [1.82, 2.24) is 0 Å². The fourth-order valence-electron chi connectivity index (χ4n) is 3.42. The Bertz CT molecular complexity index is 539. The summed E-state index contributed by atoms with van der Waals surface area (Å²) in [6.45, 7) is 6.52. The zero-order chi connectivity index (χ0) is 15.6. The van der Waals surface area contributed by atoms with Crippen molar-refractivity contribution in [2.45, 2.75) is 52.6 Å². The van der Waals surface area contributed by atoms with Crippen LogP contribution in [0.5, 0.6) is 0 Å². The van der Waals surface area contributed by atoms with Crippen LogP contribution in [-0.2, 0) is 0 Å². The van der Waals surface area contributed by atoms with E-state index >= 15 is 0 Å². The lowest BCUT2D eigenvalue weighted by molar-refractivity contribution is 0.0186. The van der Waals surface area contributed by atoms with E-state index in [1.807, 2.05) is 25.1 Å². The maximum atomic E-state index is 10.8. The Morgan fingerprint density at radius 2 is 1.95 bits per heavy atom. The van der Waals surface area contributed by atoms with Gasteiger partial charge in [-0.15, -0.1) is 0 Å². The molecule has 0 spiro atoms. The molecule has 0 bridgehead atoms. The third kappa shape index (κ3) is 3.33. The third-order valence-electron chi connectivity index (χ3n) is 5.06. The molecule has 21 heavy (non-hydrogen) atoms. The Labute approximate surface area is 136 Å². The van der Waals surface area contributed by atoms with E-state index in [1.165, 1.54) is 0 Å². The number of nitrogens with zero attached hydrogens (tertiary/aromatic N) is 1. The van der Waals surface area contributed by atoms with E-state index in [1.54, 1.807) is 0 Å². The summed E-state index contributed by atoms with van der Waals surface area (Å²) in [7, 11) is 0. The zero-order valence-electron chi connectivity index (χ0n) is 13.1. The Kier molecular flexibility index (Phi) is 5.11. The van der Waals surface area contributed by atoms with Crippen molar-refractivity contribution in [3.63, 3.8) is 0 Å². The molecule has 1 aliphatic rings. The van der Waals surface area contributed by atoms with E-state index < -0.39 is 11.5 Å². The number of rotatable bonds is 3. The van der Waals surface area contributed by atoms with Crippen LogP contribution in [0.1, 0.15) is 56.8 Å². The number of benzene rings is 1. The number of aliphatic hydroxyl groups is 1. The van der Waals surface area contributed by atoms with E-state index in [4.69, 9.17) is 0 Å². The molecule has 2 nitrogen and oxygen atoms in total. The molecule has 1 saturated carbocycles. The standard InChI is InChI=1S/C18H24BrNO/c1-12(2)14-6-8-18(11-20,9-7-14)17(21)15-5-4-13(3)10-16(15)19/h4-5,10,12,14,17,21H,6-9H2,1-3H3. The molecule has 1 atom stereocenters. The average Bonchev–Trinajstić information content (AvgIpc) is 2.46. The molecular formula is C18H24BrNO. The number of aryl methyl sites for hydroxylation is 1. The lowest BCUT2D eigenvalue weighted by Gasteiger charge is -2.39. The minimum absolute atomic E-state index is 0.636. The van der Waals surface area contributed by atoms with Gasteiger partial charge < -0.3 is 5.11 Å². The molecule has 1 N–H and O–H groups in total. The fourth-order valence-corrected chi connectivity index (χ4v) is 4.13. The smallest absolute Gasteiger partial charge is 0.0987 e. The maximum absolute atomic E-state index is 10.8. The minimum atomic E-state index is -0.717. The summed E-state index contributed by atoms with van der Waals surface area (Å²) in [6.07, 6.45) is 2.92. The highest BCUT2D eigenvalue weighted by atomic mass is 79.9. The highest BCUT2D eigenvalue weighted by Gasteiger charge is 2.43.